The Morgan fingerprint density at radius 2 is 1.82 bits per heavy atom. The second-order valence-corrected chi connectivity index (χ2v) is 4.57. The van der Waals surface area contributed by atoms with Gasteiger partial charge >= 0.3 is 0 Å². The van der Waals surface area contributed by atoms with E-state index in [2.05, 4.69) is 20.4 Å². The number of methoxy groups -OCH3 is 2. The third-order valence-corrected chi connectivity index (χ3v) is 3.19. The fourth-order valence-corrected chi connectivity index (χ4v) is 2.06. The Balaban J connectivity index is 2.45. The van der Waals surface area contributed by atoms with E-state index in [1.807, 2.05) is 7.05 Å². The van der Waals surface area contributed by atoms with Gasteiger partial charge in [-0.1, -0.05) is 11.3 Å². The number of hydrogen-bond donors (Lipinski definition) is 1. The third kappa shape index (κ3) is 5.40. The number of rotatable bonds is 9. The van der Waals surface area contributed by atoms with Gasteiger partial charge in [0.1, 0.15) is 5.01 Å². The number of hydrogen-bond acceptors (Lipinski definition) is 7. The summed E-state index contributed by atoms with van der Waals surface area (Å²) < 4.78 is 10.2. The largest absolute Gasteiger partial charge is 0.383 e. The lowest BCUT2D eigenvalue weighted by atomic mass is 10.4. The lowest BCUT2D eigenvalue weighted by molar-refractivity contribution is 0.110. The van der Waals surface area contributed by atoms with Crippen molar-refractivity contribution >= 4 is 16.5 Å². The van der Waals surface area contributed by atoms with Crippen molar-refractivity contribution in [1.29, 1.82) is 0 Å². The zero-order valence-corrected chi connectivity index (χ0v) is 11.4. The van der Waals surface area contributed by atoms with Gasteiger partial charge in [-0.3, -0.25) is 4.90 Å². The molecule has 1 aromatic heterocycles. The van der Waals surface area contributed by atoms with Crippen molar-refractivity contribution in [2.45, 2.75) is 6.54 Å². The van der Waals surface area contributed by atoms with Crippen LogP contribution < -0.4 is 5.32 Å². The van der Waals surface area contributed by atoms with Gasteiger partial charge in [0.2, 0.25) is 5.13 Å². The molecule has 6 nitrogen and oxygen atoms in total. The molecule has 7 heteroatoms. The minimum Gasteiger partial charge on any atom is -0.383 e. The predicted octanol–water partition coefficient (Wildman–Crippen LogP) is 0.675. The summed E-state index contributed by atoms with van der Waals surface area (Å²) in [5.41, 5.74) is 0. The smallest absolute Gasteiger partial charge is 0.205 e. The highest BCUT2D eigenvalue weighted by Gasteiger charge is 2.09. The molecule has 0 unspecified atom stereocenters. The Morgan fingerprint density at radius 1 is 1.18 bits per heavy atom. The van der Waals surface area contributed by atoms with Crippen LogP contribution in [0.4, 0.5) is 5.13 Å². The number of nitrogens with one attached hydrogen (secondary N) is 1. The van der Waals surface area contributed by atoms with Crippen molar-refractivity contribution in [3.8, 4) is 0 Å². The summed E-state index contributed by atoms with van der Waals surface area (Å²) in [6.45, 7) is 3.94. The topological polar surface area (TPSA) is 59.5 Å². The summed E-state index contributed by atoms with van der Waals surface area (Å²) in [5, 5.41) is 13.0. The molecule has 0 saturated carbocycles. The molecule has 0 bridgehead atoms. The van der Waals surface area contributed by atoms with Crippen LogP contribution in [0.2, 0.25) is 0 Å². The van der Waals surface area contributed by atoms with E-state index in [-0.39, 0.29) is 0 Å². The van der Waals surface area contributed by atoms with Crippen LogP contribution in [-0.4, -0.2) is 62.7 Å². The molecule has 1 N–H and O–H groups in total. The monoisotopic (exact) mass is 260 g/mol. The summed E-state index contributed by atoms with van der Waals surface area (Å²) in [6.07, 6.45) is 0. The van der Waals surface area contributed by atoms with E-state index in [0.29, 0.717) is 13.2 Å². The Labute approximate surface area is 106 Å². The molecule has 0 aliphatic carbocycles. The van der Waals surface area contributed by atoms with Crippen molar-refractivity contribution in [3.05, 3.63) is 5.01 Å². The van der Waals surface area contributed by atoms with Crippen molar-refractivity contribution in [3.63, 3.8) is 0 Å². The number of anilines is 1. The Morgan fingerprint density at radius 3 is 2.29 bits per heavy atom. The highest BCUT2D eigenvalue weighted by molar-refractivity contribution is 7.15. The van der Waals surface area contributed by atoms with Gasteiger partial charge in [0.25, 0.3) is 0 Å². The molecule has 0 aliphatic rings. The molecule has 0 fully saturated rings. The maximum Gasteiger partial charge on any atom is 0.205 e. The summed E-state index contributed by atoms with van der Waals surface area (Å²) in [6, 6.07) is 0. The fourth-order valence-electron chi connectivity index (χ4n) is 1.32. The predicted molar refractivity (Wildman–Crippen MR) is 68.5 cm³/mol. The number of ether oxygens (including phenoxy) is 2. The molecular weight excluding hydrogens is 240 g/mol. The van der Waals surface area contributed by atoms with Gasteiger partial charge in [0, 0.05) is 34.4 Å². The average molecular weight is 260 g/mol. The normalized spacial score (nSPS) is 11.1. The van der Waals surface area contributed by atoms with Gasteiger partial charge in [0.15, 0.2) is 0 Å². The number of nitrogens with zero attached hydrogens (tertiary/aromatic N) is 3. The maximum atomic E-state index is 5.09. The second-order valence-electron chi connectivity index (χ2n) is 3.51. The molecular formula is C10H20N4O2S. The van der Waals surface area contributed by atoms with Crippen LogP contribution in [0.5, 0.6) is 0 Å². The molecule has 0 radical (unpaired) electrons. The highest BCUT2D eigenvalue weighted by Crippen LogP contribution is 2.15. The van der Waals surface area contributed by atoms with Crippen LogP contribution in [0.15, 0.2) is 0 Å². The third-order valence-electron chi connectivity index (χ3n) is 2.26. The van der Waals surface area contributed by atoms with Gasteiger partial charge in [-0.05, 0) is 0 Å². The molecule has 0 aromatic carbocycles. The first-order chi connectivity index (χ1) is 8.30. The molecule has 0 atom stereocenters. The first-order valence-corrected chi connectivity index (χ1v) is 6.32. The first-order valence-electron chi connectivity index (χ1n) is 5.50. The standard InChI is InChI=1S/C10H20N4O2S/c1-11-10-13-12-9(17-10)8-14(4-6-15-2)5-7-16-3/h4-8H2,1-3H3,(H,11,13). The highest BCUT2D eigenvalue weighted by atomic mass is 32.1. The van der Waals surface area contributed by atoms with E-state index in [0.717, 1.165) is 29.8 Å². The van der Waals surface area contributed by atoms with E-state index in [1.165, 1.54) is 0 Å². The van der Waals surface area contributed by atoms with Crippen LogP contribution in [0.25, 0.3) is 0 Å². The molecule has 0 amide bonds. The van der Waals surface area contributed by atoms with Gasteiger partial charge in [0.05, 0.1) is 19.8 Å². The SMILES string of the molecule is CNc1nnc(CN(CCOC)CCOC)s1. The van der Waals surface area contributed by atoms with E-state index in [4.69, 9.17) is 9.47 Å². The average Bonchev–Trinajstić information content (AvgIpc) is 2.80. The Bertz CT molecular complexity index is 300. The van der Waals surface area contributed by atoms with Gasteiger partial charge in [-0.2, -0.15) is 0 Å². The maximum absolute atomic E-state index is 5.09. The molecule has 1 rings (SSSR count). The lowest BCUT2D eigenvalue weighted by Gasteiger charge is -2.19. The summed E-state index contributed by atoms with van der Waals surface area (Å²) in [4.78, 5) is 2.24. The van der Waals surface area contributed by atoms with E-state index >= 15 is 0 Å². The van der Waals surface area contributed by atoms with E-state index in [9.17, 15) is 0 Å². The summed E-state index contributed by atoms with van der Waals surface area (Å²) >= 11 is 1.57. The molecule has 0 spiro atoms. The molecule has 1 aromatic rings. The molecule has 0 saturated heterocycles. The zero-order valence-electron chi connectivity index (χ0n) is 10.6. The van der Waals surface area contributed by atoms with Crippen LogP contribution in [0.3, 0.4) is 0 Å². The molecule has 1 heterocycles. The summed E-state index contributed by atoms with van der Waals surface area (Å²) in [7, 11) is 5.26. The van der Waals surface area contributed by atoms with Gasteiger partial charge < -0.3 is 14.8 Å². The zero-order chi connectivity index (χ0) is 12.5. The van der Waals surface area contributed by atoms with Crippen LogP contribution in [-0.2, 0) is 16.0 Å². The second kappa shape index (κ2) is 8.35. The van der Waals surface area contributed by atoms with Crippen molar-refractivity contribution in [2.75, 3.05) is 52.9 Å². The van der Waals surface area contributed by atoms with Gasteiger partial charge in [-0.15, -0.1) is 10.2 Å². The van der Waals surface area contributed by atoms with E-state index < -0.39 is 0 Å². The fraction of sp³-hybridized carbons (Fsp3) is 0.800. The molecule has 98 valence electrons. The lowest BCUT2D eigenvalue weighted by Crippen LogP contribution is -2.30. The van der Waals surface area contributed by atoms with E-state index in [1.54, 1.807) is 25.6 Å². The number of aromatic nitrogens is 2. The molecule has 0 aliphatic heterocycles. The Hall–Kier alpha value is -0.760. The summed E-state index contributed by atoms with van der Waals surface area (Å²) in [5.74, 6) is 0. The Kier molecular flexibility index (Phi) is 7.02. The van der Waals surface area contributed by atoms with Crippen molar-refractivity contribution in [1.82, 2.24) is 15.1 Å². The molecule has 17 heavy (non-hydrogen) atoms. The van der Waals surface area contributed by atoms with Crippen molar-refractivity contribution in [2.24, 2.45) is 0 Å². The van der Waals surface area contributed by atoms with Crippen LogP contribution >= 0.6 is 11.3 Å². The van der Waals surface area contributed by atoms with Crippen molar-refractivity contribution < 1.29 is 9.47 Å². The van der Waals surface area contributed by atoms with Crippen LogP contribution in [0, 0.1) is 0 Å². The minimum atomic E-state index is 0.710. The van der Waals surface area contributed by atoms with Gasteiger partial charge in [-0.25, -0.2) is 0 Å². The quantitative estimate of drug-likeness (QED) is 0.704. The minimum absolute atomic E-state index is 0.710. The first kappa shape index (κ1) is 14.3. The van der Waals surface area contributed by atoms with Crippen LogP contribution in [0.1, 0.15) is 5.01 Å².